The molecule has 1 aromatic carbocycles. The molecule has 154 valence electrons. The highest BCUT2D eigenvalue weighted by molar-refractivity contribution is 5.73. The molecule has 1 fully saturated rings. The smallest absolute Gasteiger partial charge is 0.490 e. The fourth-order valence-corrected chi connectivity index (χ4v) is 2.48. The third-order valence-corrected chi connectivity index (χ3v) is 3.74. The van der Waals surface area contributed by atoms with Crippen LogP contribution in [0.1, 0.15) is 12.0 Å². The summed E-state index contributed by atoms with van der Waals surface area (Å²) in [5.41, 5.74) is 1.10. The maximum absolute atomic E-state index is 10.6. The molecule has 1 saturated heterocycles. The fourth-order valence-electron chi connectivity index (χ4n) is 2.48. The molecule has 7 nitrogen and oxygen atoms in total. The number of hydrogen-bond acceptors (Lipinski definition) is 6. The summed E-state index contributed by atoms with van der Waals surface area (Å²) in [6.45, 7) is 4.44. The minimum atomic E-state index is -5.08. The minimum absolute atomic E-state index is 0.651. The van der Waals surface area contributed by atoms with E-state index < -0.39 is 12.1 Å². The molecular weight excluding hydrogens is 371 g/mol. The monoisotopic (exact) mass is 395 g/mol. The van der Waals surface area contributed by atoms with Crippen molar-refractivity contribution in [1.29, 1.82) is 0 Å². The molecule has 1 aliphatic rings. The first-order valence-corrected chi connectivity index (χ1v) is 8.12. The summed E-state index contributed by atoms with van der Waals surface area (Å²) in [4.78, 5) is 11.3. The van der Waals surface area contributed by atoms with Crippen molar-refractivity contribution in [3.05, 3.63) is 17.7 Å². The lowest BCUT2D eigenvalue weighted by atomic mass is 10.1. The molecule has 1 N–H and O–H groups in total. The zero-order chi connectivity index (χ0) is 20.4. The Morgan fingerprint density at radius 1 is 1.11 bits per heavy atom. The highest BCUT2D eigenvalue weighted by atomic mass is 19.4. The zero-order valence-corrected chi connectivity index (χ0v) is 15.5. The first-order chi connectivity index (χ1) is 12.7. The number of methoxy groups -OCH3 is 3. The second-order valence-corrected chi connectivity index (χ2v) is 5.54. The Bertz CT molecular complexity index is 601. The predicted molar refractivity (Wildman–Crippen MR) is 90.5 cm³/mol. The van der Waals surface area contributed by atoms with Crippen LogP contribution in [0.4, 0.5) is 13.2 Å². The summed E-state index contributed by atoms with van der Waals surface area (Å²) in [5.74, 6) is -0.671. The molecule has 10 heteroatoms. The highest BCUT2D eigenvalue weighted by Crippen LogP contribution is 2.40. The lowest BCUT2D eigenvalue weighted by Gasteiger charge is -2.22. The summed E-state index contributed by atoms with van der Waals surface area (Å²) in [6.07, 6.45) is -4.02. The zero-order valence-electron chi connectivity index (χ0n) is 15.5. The topological polar surface area (TPSA) is 77.5 Å². The van der Waals surface area contributed by atoms with Gasteiger partial charge in [0.15, 0.2) is 11.5 Å². The number of carboxylic acids is 1. The number of alkyl halides is 3. The number of rotatable bonds is 5. The molecule has 0 amide bonds. The average molecular weight is 395 g/mol. The number of carbonyl (C=O) groups is 1. The van der Waals surface area contributed by atoms with Crippen LogP contribution in [0, 0.1) is 0 Å². The van der Waals surface area contributed by atoms with Gasteiger partial charge in [0.05, 0.1) is 27.9 Å². The summed E-state index contributed by atoms with van der Waals surface area (Å²) in [6, 6.07) is 3.96. The lowest BCUT2D eigenvalue weighted by Crippen LogP contribution is -2.26. The van der Waals surface area contributed by atoms with E-state index in [-0.39, 0.29) is 0 Å². The van der Waals surface area contributed by atoms with Crippen molar-refractivity contribution in [2.45, 2.75) is 19.1 Å². The molecule has 0 bridgehead atoms. The number of nitrogens with zero attached hydrogens (tertiary/aromatic N) is 1. The summed E-state index contributed by atoms with van der Waals surface area (Å²) in [7, 11) is 4.92. The Morgan fingerprint density at radius 3 is 2.26 bits per heavy atom. The Morgan fingerprint density at radius 2 is 1.74 bits per heavy atom. The molecule has 1 heterocycles. The van der Waals surface area contributed by atoms with Gasteiger partial charge in [0.2, 0.25) is 5.75 Å². The van der Waals surface area contributed by atoms with Gasteiger partial charge in [-0.3, -0.25) is 4.90 Å². The largest absolute Gasteiger partial charge is 0.493 e. The van der Waals surface area contributed by atoms with Crippen LogP contribution in [0.15, 0.2) is 12.1 Å². The minimum Gasteiger partial charge on any atom is -0.493 e. The maximum atomic E-state index is 10.6. The van der Waals surface area contributed by atoms with E-state index in [0.717, 1.165) is 50.6 Å². The van der Waals surface area contributed by atoms with E-state index >= 15 is 0 Å². The van der Waals surface area contributed by atoms with Crippen LogP contribution < -0.4 is 14.2 Å². The predicted octanol–water partition coefficient (Wildman–Crippen LogP) is 2.57. The highest BCUT2D eigenvalue weighted by Gasteiger charge is 2.38. The molecule has 0 spiro atoms. The number of carboxylic acid groups (broad SMARTS) is 1. The van der Waals surface area contributed by atoms with E-state index in [9.17, 15) is 13.2 Å². The van der Waals surface area contributed by atoms with Gasteiger partial charge in [-0.25, -0.2) is 4.79 Å². The van der Waals surface area contributed by atoms with Gasteiger partial charge in [0, 0.05) is 31.8 Å². The van der Waals surface area contributed by atoms with Gasteiger partial charge in [-0.05, 0) is 12.5 Å². The van der Waals surface area contributed by atoms with Crippen LogP contribution in [0.25, 0.3) is 0 Å². The SMILES string of the molecule is COc1ccc(CN2CCCOCC2)c(OC)c1OC.O=C(O)C(F)(F)F. The van der Waals surface area contributed by atoms with Gasteiger partial charge in [-0.15, -0.1) is 0 Å². The van der Waals surface area contributed by atoms with Gasteiger partial charge in [0.1, 0.15) is 0 Å². The number of aliphatic carboxylic acids is 1. The summed E-state index contributed by atoms with van der Waals surface area (Å²) in [5, 5.41) is 7.12. The van der Waals surface area contributed by atoms with Gasteiger partial charge < -0.3 is 24.1 Å². The standard InChI is InChI=1S/C15H23NO4.C2HF3O2/c1-17-13-6-5-12(14(18-2)15(13)19-3)11-16-7-4-9-20-10-8-16;3-2(4,5)1(6)7/h5-6H,4,7-11H2,1-3H3;(H,6,7). The van der Waals surface area contributed by atoms with Crippen molar-refractivity contribution in [1.82, 2.24) is 4.90 Å². The maximum Gasteiger partial charge on any atom is 0.490 e. The molecule has 0 unspecified atom stereocenters. The molecule has 0 aromatic heterocycles. The first-order valence-electron chi connectivity index (χ1n) is 8.12. The second-order valence-electron chi connectivity index (χ2n) is 5.54. The molecular formula is C17H24F3NO6. The fraction of sp³-hybridized carbons (Fsp3) is 0.588. The van der Waals surface area contributed by atoms with Crippen LogP contribution in [-0.4, -0.2) is 69.8 Å². The lowest BCUT2D eigenvalue weighted by molar-refractivity contribution is -0.192. The number of ether oxygens (including phenoxy) is 4. The van der Waals surface area contributed by atoms with E-state index in [1.54, 1.807) is 21.3 Å². The van der Waals surface area contributed by atoms with Crippen molar-refractivity contribution >= 4 is 5.97 Å². The molecule has 27 heavy (non-hydrogen) atoms. The Hall–Kier alpha value is -2.20. The van der Waals surface area contributed by atoms with Crippen LogP contribution in [0.3, 0.4) is 0 Å². The molecule has 2 rings (SSSR count). The average Bonchev–Trinajstić information content (AvgIpc) is 2.89. The summed E-state index contributed by atoms with van der Waals surface area (Å²) >= 11 is 0. The number of benzene rings is 1. The molecule has 1 aliphatic heterocycles. The van der Waals surface area contributed by atoms with Gasteiger partial charge >= 0.3 is 12.1 Å². The van der Waals surface area contributed by atoms with Crippen molar-refractivity contribution < 1.29 is 42.0 Å². The Labute approximate surface area is 155 Å². The Balaban J connectivity index is 0.000000445. The number of halogens is 3. The third-order valence-electron chi connectivity index (χ3n) is 3.74. The van der Waals surface area contributed by atoms with Gasteiger partial charge in [-0.2, -0.15) is 13.2 Å². The quantitative estimate of drug-likeness (QED) is 0.821. The van der Waals surface area contributed by atoms with E-state index in [1.807, 2.05) is 12.1 Å². The van der Waals surface area contributed by atoms with Crippen molar-refractivity contribution in [2.24, 2.45) is 0 Å². The van der Waals surface area contributed by atoms with Crippen LogP contribution in [0.5, 0.6) is 17.2 Å². The van der Waals surface area contributed by atoms with Crippen LogP contribution in [-0.2, 0) is 16.1 Å². The van der Waals surface area contributed by atoms with E-state index in [0.29, 0.717) is 11.5 Å². The van der Waals surface area contributed by atoms with Gasteiger partial charge in [-0.1, -0.05) is 6.07 Å². The Kier molecular flexibility index (Phi) is 9.16. The summed E-state index contributed by atoms with van der Waals surface area (Å²) < 4.78 is 53.5. The van der Waals surface area contributed by atoms with Crippen molar-refractivity contribution in [2.75, 3.05) is 47.6 Å². The van der Waals surface area contributed by atoms with Crippen LogP contribution in [0.2, 0.25) is 0 Å². The van der Waals surface area contributed by atoms with Crippen molar-refractivity contribution in [3.63, 3.8) is 0 Å². The van der Waals surface area contributed by atoms with Gasteiger partial charge in [0.25, 0.3) is 0 Å². The molecule has 0 radical (unpaired) electrons. The van der Waals surface area contributed by atoms with Crippen molar-refractivity contribution in [3.8, 4) is 17.2 Å². The molecule has 1 aromatic rings. The van der Waals surface area contributed by atoms with E-state index in [2.05, 4.69) is 4.90 Å². The van der Waals surface area contributed by atoms with Crippen LogP contribution >= 0.6 is 0 Å². The normalized spacial score (nSPS) is 15.2. The number of hydrogen-bond donors (Lipinski definition) is 1. The molecule has 0 atom stereocenters. The first kappa shape index (κ1) is 22.8. The second kappa shape index (κ2) is 10.8. The van der Waals surface area contributed by atoms with E-state index in [1.165, 1.54) is 0 Å². The molecule has 0 aliphatic carbocycles. The molecule has 0 saturated carbocycles. The van der Waals surface area contributed by atoms with E-state index in [4.69, 9.17) is 28.8 Å². The third kappa shape index (κ3) is 7.14.